The molecule has 0 bridgehead atoms. The average molecular weight is 141 g/mol. The van der Waals surface area contributed by atoms with Crippen molar-refractivity contribution in [2.75, 3.05) is 6.61 Å². The Bertz CT molecular complexity index is 180. The van der Waals surface area contributed by atoms with E-state index < -0.39 is 0 Å². The molecular weight excluding hydrogens is 130 g/mol. The SMILES string of the molecule is C[C@H]1[C@H]2C(=O)N[C@H](CO)[C@@H]12. The standard InChI is InChI=1S/C7H11NO2/c1-3-5-4(2-9)8-7(10)6(3)5/h3-6,9H,2H2,1H3,(H,8,10)/t3-,4-,5-,6-/m1/s1. The second-order valence-electron chi connectivity index (χ2n) is 3.26. The van der Waals surface area contributed by atoms with E-state index in [1.54, 1.807) is 0 Å². The molecule has 0 aromatic carbocycles. The number of hydrogen-bond donors (Lipinski definition) is 2. The summed E-state index contributed by atoms with van der Waals surface area (Å²) in [6.07, 6.45) is 0. The van der Waals surface area contributed by atoms with Crippen LogP contribution in [0.1, 0.15) is 6.92 Å². The Kier molecular flexibility index (Phi) is 1.06. The molecule has 0 aromatic heterocycles. The lowest BCUT2D eigenvalue weighted by Crippen LogP contribution is -2.34. The van der Waals surface area contributed by atoms with Crippen LogP contribution >= 0.6 is 0 Å². The van der Waals surface area contributed by atoms with Gasteiger partial charge in [0, 0.05) is 5.92 Å². The van der Waals surface area contributed by atoms with Crippen LogP contribution in [0, 0.1) is 17.8 Å². The van der Waals surface area contributed by atoms with Gasteiger partial charge in [-0.05, 0) is 11.8 Å². The topological polar surface area (TPSA) is 49.3 Å². The van der Waals surface area contributed by atoms with Gasteiger partial charge in [-0.15, -0.1) is 0 Å². The number of aliphatic hydroxyl groups is 1. The minimum absolute atomic E-state index is 0.0486. The quantitative estimate of drug-likeness (QED) is 0.510. The van der Waals surface area contributed by atoms with Crippen molar-refractivity contribution in [1.29, 1.82) is 0 Å². The first-order valence-corrected chi connectivity index (χ1v) is 3.67. The highest BCUT2D eigenvalue weighted by Gasteiger charge is 2.60. The van der Waals surface area contributed by atoms with Crippen molar-refractivity contribution in [2.45, 2.75) is 13.0 Å². The summed E-state index contributed by atoms with van der Waals surface area (Å²) in [5.41, 5.74) is 0. The molecule has 10 heavy (non-hydrogen) atoms. The molecule has 4 atom stereocenters. The minimum atomic E-state index is 0.0486. The smallest absolute Gasteiger partial charge is 0.224 e. The maximum Gasteiger partial charge on any atom is 0.224 e. The summed E-state index contributed by atoms with van der Waals surface area (Å²) < 4.78 is 0. The van der Waals surface area contributed by atoms with Crippen molar-refractivity contribution in [3.05, 3.63) is 0 Å². The number of hydrogen-bond acceptors (Lipinski definition) is 2. The third kappa shape index (κ3) is 0.560. The van der Waals surface area contributed by atoms with Gasteiger partial charge in [0.05, 0.1) is 12.6 Å². The van der Waals surface area contributed by atoms with Gasteiger partial charge in [0.15, 0.2) is 0 Å². The minimum Gasteiger partial charge on any atom is -0.394 e. The molecule has 0 aromatic rings. The molecule has 56 valence electrons. The zero-order chi connectivity index (χ0) is 7.30. The van der Waals surface area contributed by atoms with Gasteiger partial charge in [0.2, 0.25) is 5.91 Å². The Morgan fingerprint density at radius 1 is 1.70 bits per heavy atom. The third-order valence-electron chi connectivity index (χ3n) is 2.74. The lowest BCUT2D eigenvalue weighted by molar-refractivity contribution is -0.121. The van der Waals surface area contributed by atoms with Crippen LogP contribution in [0.5, 0.6) is 0 Å². The van der Waals surface area contributed by atoms with Crippen LogP contribution in [0.3, 0.4) is 0 Å². The second kappa shape index (κ2) is 1.72. The number of nitrogens with one attached hydrogen (secondary N) is 1. The van der Waals surface area contributed by atoms with E-state index in [-0.39, 0.29) is 24.5 Å². The summed E-state index contributed by atoms with van der Waals surface area (Å²) in [7, 11) is 0. The van der Waals surface area contributed by atoms with Crippen molar-refractivity contribution in [3.63, 3.8) is 0 Å². The van der Waals surface area contributed by atoms with Gasteiger partial charge < -0.3 is 10.4 Å². The predicted molar refractivity (Wildman–Crippen MR) is 35.2 cm³/mol. The fourth-order valence-electron chi connectivity index (χ4n) is 2.07. The first kappa shape index (κ1) is 6.16. The van der Waals surface area contributed by atoms with Crippen LogP contribution in [-0.2, 0) is 4.79 Å². The van der Waals surface area contributed by atoms with Crippen molar-refractivity contribution in [2.24, 2.45) is 17.8 Å². The van der Waals surface area contributed by atoms with Gasteiger partial charge in [-0.1, -0.05) is 6.92 Å². The molecule has 1 amide bonds. The zero-order valence-corrected chi connectivity index (χ0v) is 5.87. The number of fused-ring (bicyclic) bond motifs is 1. The van der Waals surface area contributed by atoms with Crippen LogP contribution < -0.4 is 5.32 Å². The number of carbonyl (C=O) groups is 1. The fraction of sp³-hybridized carbons (Fsp3) is 0.857. The molecule has 1 aliphatic heterocycles. The van der Waals surface area contributed by atoms with Crippen LogP contribution in [0.25, 0.3) is 0 Å². The van der Waals surface area contributed by atoms with Crippen molar-refractivity contribution in [3.8, 4) is 0 Å². The van der Waals surface area contributed by atoms with E-state index in [0.717, 1.165) is 0 Å². The summed E-state index contributed by atoms with van der Waals surface area (Å²) in [6, 6.07) is 0.0486. The normalized spacial score (nSPS) is 50.4. The molecule has 0 unspecified atom stereocenters. The molecule has 1 saturated carbocycles. The maximum atomic E-state index is 11.0. The molecule has 2 N–H and O–H groups in total. The zero-order valence-electron chi connectivity index (χ0n) is 5.87. The Morgan fingerprint density at radius 2 is 2.40 bits per heavy atom. The number of aliphatic hydroxyl groups excluding tert-OH is 1. The van der Waals surface area contributed by atoms with E-state index in [1.165, 1.54) is 0 Å². The third-order valence-corrected chi connectivity index (χ3v) is 2.74. The van der Waals surface area contributed by atoms with Gasteiger partial charge in [0.25, 0.3) is 0 Å². The van der Waals surface area contributed by atoms with E-state index >= 15 is 0 Å². The molecule has 0 spiro atoms. The van der Waals surface area contributed by atoms with Gasteiger partial charge in [-0.3, -0.25) is 4.79 Å². The van der Waals surface area contributed by atoms with Gasteiger partial charge >= 0.3 is 0 Å². The lowest BCUT2D eigenvalue weighted by Gasteiger charge is -2.09. The summed E-state index contributed by atoms with van der Waals surface area (Å²) >= 11 is 0. The predicted octanol–water partition coefficient (Wildman–Crippen LogP) is -0.641. The molecule has 0 radical (unpaired) electrons. The van der Waals surface area contributed by atoms with Crippen molar-refractivity contribution in [1.82, 2.24) is 5.32 Å². The van der Waals surface area contributed by atoms with Crippen LogP contribution in [0.15, 0.2) is 0 Å². The number of piperidine rings is 1. The Balaban J connectivity index is 2.11. The van der Waals surface area contributed by atoms with Gasteiger partial charge in [-0.2, -0.15) is 0 Å². The monoisotopic (exact) mass is 141 g/mol. The first-order valence-electron chi connectivity index (χ1n) is 3.67. The summed E-state index contributed by atoms with van der Waals surface area (Å²) in [4.78, 5) is 11.0. The molecular formula is C7H11NO2. The average Bonchev–Trinajstić information content (AvgIpc) is 2.40. The second-order valence-corrected chi connectivity index (χ2v) is 3.26. The highest BCUT2D eigenvalue weighted by atomic mass is 16.3. The van der Waals surface area contributed by atoms with E-state index in [1.807, 2.05) is 0 Å². The molecule has 1 saturated heterocycles. The molecule has 2 rings (SSSR count). The number of carbonyl (C=O) groups excluding carboxylic acids is 1. The highest BCUT2D eigenvalue weighted by Crippen LogP contribution is 2.51. The number of rotatable bonds is 1. The largest absolute Gasteiger partial charge is 0.394 e. The van der Waals surface area contributed by atoms with Gasteiger partial charge in [0.1, 0.15) is 0 Å². The molecule has 3 heteroatoms. The molecule has 3 nitrogen and oxygen atoms in total. The van der Waals surface area contributed by atoms with E-state index in [0.29, 0.717) is 11.8 Å². The molecule has 2 fully saturated rings. The van der Waals surface area contributed by atoms with E-state index in [4.69, 9.17) is 5.11 Å². The Hall–Kier alpha value is -0.570. The van der Waals surface area contributed by atoms with E-state index in [2.05, 4.69) is 12.2 Å². The molecule has 1 aliphatic carbocycles. The van der Waals surface area contributed by atoms with Crippen molar-refractivity contribution < 1.29 is 9.90 Å². The van der Waals surface area contributed by atoms with Gasteiger partial charge in [-0.25, -0.2) is 0 Å². The highest BCUT2D eigenvalue weighted by molar-refractivity contribution is 5.85. The van der Waals surface area contributed by atoms with Crippen LogP contribution in [0.4, 0.5) is 0 Å². The number of amides is 1. The maximum absolute atomic E-state index is 11.0. The van der Waals surface area contributed by atoms with E-state index in [9.17, 15) is 4.79 Å². The van der Waals surface area contributed by atoms with Crippen LogP contribution in [-0.4, -0.2) is 23.7 Å². The molecule has 2 aliphatic rings. The summed E-state index contributed by atoms with van der Waals surface area (Å²) in [5.74, 6) is 1.29. The lowest BCUT2D eigenvalue weighted by atomic mass is 10.2. The Labute approximate surface area is 59.4 Å². The Morgan fingerprint density at radius 3 is 2.70 bits per heavy atom. The molecule has 1 heterocycles. The summed E-state index contributed by atoms with van der Waals surface area (Å²) in [5, 5.41) is 11.5. The first-order chi connectivity index (χ1) is 4.75. The summed E-state index contributed by atoms with van der Waals surface area (Å²) in [6.45, 7) is 2.16. The van der Waals surface area contributed by atoms with Crippen molar-refractivity contribution >= 4 is 5.91 Å². The van der Waals surface area contributed by atoms with Crippen LogP contribution in [0.2, 0.25) is 0 Å². The fourth-order valence-corrected chi connectivity index (χ4v) is 2.07.